The number of hydrogen-bond donors (Lipinski definition) is 5. The molecule has 1 amide bonds. The van der Waals surface area contributed by atoms with E-state index in [1.54, 1.807) is 62.4 Å². The number of amides is 1. The molecule has 2 saturated carbocycles. The minimum absolute atomic E-state index is 0.0384. The Bertz CT molecular complexity index is 1930. The first-order valence-corrected chi connectivity index (χ1v) is 20.0. The van der Waals surface area contributed by atoms with Gasteiger partial charge in [0, 0.05) is 31.6 Å². The van der Waals surface area contributed by atoms with Crippen molar-refractivity contribution in [3.63, 3.8) is 0 Å². The molecule has 0 unspecified atom stereocenters. The van der Waals surface area contributed by atoms with E-state index in [-0.39, 0.29) is 42.1 Å². The average molecular weight is 806 g/mol. The first kappa shape index (κ1) is 43.1. The van der Waals surface area contributed by atoms with Crippen LogP contribution in [-0.2, 0) is 38.1 Å². The Morgan fingerprint density at radius 3 is 2.19 bits per heavy atom. The molecule has 2 bridgehead atoms. The molecule has 11 atom stereocenters. The van der Waals surface area contributed by atoms with Gasteiger partial charge in [-0.15, -0.1) is 0 Å². The molecular weight excluding hydrogens is 750 g/mol. The standard InChI is InChI=1S/C44H55NO13/c1-7-8-11-20-31(48)45-33(26-16-12-9-13-17-26)35(50)40(53)56-28-22-44(54)38(57-39(52)27-18-14-10-15-19-27)36-42(6,37(51)34(49)32(24(28)2)41(44,4)5)29(47)21-30-43(36,23-55-30)58-25(3)46/h9-10,12-19,28-30,33-36,38,47,49-50,54H,7-8,11,20-23H2,1-6H3,(H,45,48)/t28-,29-,30+,33-,34+,35+,36+,38-,42+,43-,44+/m0/s1. The summed E-state index contributed by atoms with van der Waals surface area (Å²) in [6.45, 7) is 8.94. The molecule has 14 heteroatoms. The highest BCUT2D eigenvalue weighted by atomic mass is 16.6. The van der Waals surface area contributed by atoms with Crippen LogP contribution in [0.3, 0.4) is 0 Å². The van der Waals surface area contributed by atoms with Crippen molar-refractivity contribution in [1.29, 1.82) is 0 Å². The van der Waals surface area contributed by atoms with Gasteiger partial charge in [0.15, 0.2) is 17.5 Å². The number of aliphatic hydroxyl groups is 4. The summed E-state index contributed by atoms with van der Waals surface area (Å²) in [6, 6.07) is 15.1. The van der Waals surface area contributed by atoms with Gasteiger partial charge >= 0.3 is 17.9 Å². The number of hydrogen-bond acceptors (Lipinski definition) is 13. The molecule has 14 nitrogen and oxygen atoms in total. The third-order valence-electron chi connectivity index (χ3n) is 13.2. The van der Waals surface area contributed by atoms with E-state index < -0.39 is 101 Å². The molecule has 0 spiro atoms. The maximum Gasteiger partial charge on any atom is 0.338 e. The third-order valence-corrected chi connectivity index (χ3v) is 13.2. The smallest absolute Gasteiger partial charge is 0.338 e. The van der Waals surface area contributed by atoms with Crippen LogP contribution in [0.5, 0.6) is 0 Å². The molecule has 314 valence electrons. The van der Waals surface area contributed by atoms with Gasteiger partial charge in [0.05, 0.1) is 35.6 Å². The van der Waals surface area contributed by atoms with Crippen molar-refractivity contribution in [3.05, 3.63) is 82.9 Å². The average Bonchev–Trinajstić information content (AvgIpc) is 3.18. The Morgan fingerprint density at radius 2 is 1.60 bits per heavy atom. The van der Waals surface area contributed by atoms with Crippen LogP contribution in [0.1, 0.15) is 102 Å². The highest BCUT2D eigenvalue weighted by molar-refractivity contribution is 5.94. The molecular formula is C44H55NO13. The number of Topliss-reactive ketones (excluding diaryl/α,β-unsaturated/α-hetero) is 1. The maximum atomic E-state index is 15.0. The number of fused-ring (bicyclic) bond motifs is 5. The lowest BCUT2D eigenvalue weighted by molar-refractivity contribution is -0.346. The summed E-state index contributed by atoms with van der Waals surface area (Å²) in [5, 5.41) is 51.8. The van der Waals surface area contributed by atoms with Crippen molar-refractivity contribution in [3.8, 4) is 0 Å². The van der Waals surface area contributed by atoms with Crippen LogP contribution in [0, 0.1) is 16.7 Å². The van der Waals surface area contributed by atoms with Crippen LogP contribution in [-0.4, -0.2) is 104 Å². The minimum Gasteiger partial charge on any atom is -0.456 e. The fourth-order valence-corrected chi connectivity index (χ4v) is 9.91. The highest BCUT2D eigenvalue weighted by Gasteiger charge is 2.78. The Hall–Kier alpha value is -4.47. The van der Waals surface area contributed by atoms with Crippen LogP contribution in [0.4, 0.5) is 0 Å². The van der Waals surface area contributed by atoms with E-state index in [4.69, 9.17) is 18.9 Å². The van der Waals surface area contributed by atoms with E-state index in [1.165, 1.54) is 26.0 Å². The van der Waals surface area contributed by atoms with Crippen molar-refractivity contribution in [2.45, 2.75) is 134 Å². The summed E-state index contributed by atoms with van der Waals surface area (Å²) in [4.78, 5) is 69.0. The Labute approximate surface area is 337 Å². The number of carbonyl (C=O) groups excluding carboxylic acids is 5. The maximum absolute atomic E-state index is 15.0. The first-order valence-electron chi connectivity index (χ1n) is 20.0. The number of unbranched alkanes of at least 4 members (excludes halogenated alkanes) is 2. The van der Waals surface area contributed by atoms with E-state index in [1.807, 2.05) is 6.92 Å². The van der Waals surface area contributed by atoms with E-state index in [9.17, 15) is 44.4 Å². The highest BCUT2D eigenvalue weighted by Crippen LogP contribution is 2.64. The lowest BCUT2D eigenvalue weighted by atomic mass is 9.44. The second kappa shape index (κ2) is 16.3. The molecule has 2 aromatic rings. The monoisotopic (exact) mass is 805 g/mol. The second-order valence-electron chi connectivity index (χ2n) is 17.0. The Morgan fingerprint density at radius 1 is 0.966 bits per heavy atom. The fraction of sp³-hybridized carbons (Fsp3) is 0.568. The number of esters is 3. The Balaban J connectivity index is 1.47. The van der Waals surface area contributed by atoms with Crippen LogP contribution in [0.2, 0.25) is 0 Å². The lowest BCUT2D eigenvalue weighted by Crippen LogP contribution is -2.81. The number of benzene rings is 2. The van der Waals surface area contributed by atoms with Gasteiger partial charge in [0.1, 0.15) is 30.0 Å². The van der Waals surface area contributed by atoms with Crippen LogP contribution >= 0.6 is 0 Å². The molecule has 4 aliphatic rings. The fourth-order valence-electron chi connectivity index (χ4n) is 9.91. The van der Waals surface area contributed by atoms with Gasteiger partial charge in [-0.05, 0) is 49.1 Å². The number of rotatable bonds is 12. The summed E-state index contributed by atoms with van der Waals surface area (Å²) in [7, 11) is 0. The Kier molecular flexibility index (Phi) is 12.1. The van der Waals surface area contributed by atoms with Crippen molar-refractivity contribution >= 4 is 29.6 Å². The molecule has 3 fully saturated rings. The van der Waals surface area contributed by atoms with Crippen LogP contribution < -0.4 is 5.32 Å². The van der Waals surface area contributed by atoms with E-state index >= 15 is 0 Å². The quantitative estimate of drug-likeness (QED) is 0.0901. The normalized spacial score (nSPS) is 33.4. The predicted molar refractivity (Wildman–Crippen MR) is 207 cm³/mol. The zero-order chi connectivity index (χ0) is 42.4. The van der Waals surface area contributed by atoms with Gasteiger partial charge in [-0.3, -0.25) is 14.4 Å². The lowest BCUT2D eigenvalue weighted by Gasteiger charge is -2.67. The van der Waals surface area contributed by atoms with Crippen LogP contribution in [0.25, 0.3) is 0 Å². The van der Waals surface area contributed by atoms with Crippen molar-refractivity contribution < 1.29 is 63.3 Å². The second-order valence-corrected chi connectivity index (χ2v) is 17.0. The van der Waals surface area contributed by atoms with Crippen molar-refractivity contribution in [2.24, 2.45) is 16.7 Å². The first-order chi connectivity index (χ1) is 27.3. The van der Waals surface area contributed by atoms with E-state index in [2.05, 4.69) is 5.32 Å². The van der Waals surface area contributed by atoms with E-state index in [0.717, 1.165) is 19.8 Å². The molecule has 6 rings (SSSR count). The topological polar surface area (TPSA) is 215 Å². The molecule has 1 saturated heterocycles. The molecule has 0 aromatic heterocycles. The van der Waals surface area contributed by atoms with Gasteiger partial charge in [-0.1, -0.05) is 82.1 Å². The SMILES string of the molecule is CCCCCC(=O)N[C@@H](c1ccccc1)[C@@H](O)C(=O)O[C@H]1C[C@@]2(O)[C@@H](OC(=O)c3ccccc3)[C@H]3[C@]4(OC(C)=O)CO[C@@H]4C[C@H](O)[C@@]3(C)C(=O)[C@H](O)C(=C1C)C2(C)C. The number of ketones is 1. The van der Waals surface area contributed by atoms with Crippen LogP contribution in [0.15, 0.2) is 71.8 Å². The zero-order valence-electron chi connectivity index (χ0n) is 33.8. The molecule has 1 aliphatic heterocycles. The molecule has 0 radical (unpaired) electrons. The van der Waals surface area contributed by atoms with E-state index in [0.29, 0.717) is 12.0 Å². The molecule has 2 aromatic carbocycles. The summed E-state index contributed by atoms with van der Waals surface area (Å²) in [5.41, 5.74) is -6.98. The zero-order valence-corrected chi connectivity index (χ0v) is 33.8. The summed E-state index contributed by atoms with van der Waals surface area (Å²) in [5.74, 6) is -5.62. The van der Waals surface area contributed by atoms with Crippen molar-refractivity contribution in [1.82, 2.24) is 5.32 Å². The van der Waals surface area contributed by atoms with Gasteiger partial charge in [0.2, 0.25) is 5.91 Å². The number of carbonyl (C=O) groups is 5. The number of nitrogens with one attached hydrogen (secondary N) is 1. The number of ether oxygens (including phenoxy) is 4. The van der Waals surface area contributed by atoms with Gasteiger partial charge < -0.3 is 44.7 Å². The van der Waals surface area contributed by atoms with Crippen molar-refractivity contribution in [2.75, 3.05) is 6.61 Å². The summed E-state index contributed by atoms with van der Waals surface area (Å²) >= 11 is 0. The largest absolute Gasteiger partial charge is 0.456 e. The summed E-state index contributed by atoms with van der Waals surface area (Å²) < 4.78 is 24.2. The number of aliphatic hydroxyl groups excluding tert-OH is 3. The van der Waals surface area contributed by atoms with Gasteiger partial charge in [-0.2, -0.15) is 0 Å². The van der Waals surface area contributed by atoms with Gasteiger partial charge in [0.25, 0.3) is 0 Å². The molecule has 3 aliphatic carbocycles. The molecule has 1 heterocycles. The molecule has 5 N–H and O–H groups in total. The predicted octanol–water partition coefficient (Wildman–Crippen LogP) is 3.43. The van der Waals surface area contributed by atoms with Gasteiger partial charge in [-0.25, -0.2) is 9.59 Å². The molecule has 58 heavy (non-hydrogen) atoms. The summed E-state index contributed by atoms with van der Waals surface area (Å²) in [6.07, 6.45) is -7.83. The third kappa shape index (κ3) is 7.16. The minimum atomic E-state index is -2.33.